The molecule has 4 saturated carbocycles. The summed E-state index contributed by atoms with van der Waals surface area (Å²) in [4.78, 5) is 12.9. The highest BCUT2D eigenvalue weighted by Crippen LogP contribution is 2.67. The molecule has 4 heteroatoms. The van der Waals surface area contributed by atoms with Crippen molar-refractivity contribution in [2.45, 2.75) is 77.7 Å². The van der Waals surface area contributed by atoms with Gasteiger partial charge in [0, 0.05) is 18.4 Å². The van der Waals surface area contributed by atoms with Gasteiger partial charge >= 0.3 is 0 Å². The van der Waals surface area contributed by atoms with Crippen molar-refractivity contribution in [2.75, 3.05) is 19.8 Å². The quantitative estimate of drug-likeness (QED) is 0.458. The van der Waals surface area contributed by atoms with E-state index in [9.17, 15) is 4.79 Å². The lowest BCUT2D eigenvalue weighted by Crippen LogP contribution is -2.56. The summed E-state index contributed by atoms with van der Waals surface area (Å²) in [6, 6.07) is 0. The molecule has 0 saturated heterocycles. The first-order valence-electron chi connectivity index (χ1n) is 11.1. The van der Waals surface area contributed by atoms with Gasteiger partial charge < -0.3 is 9.47 Å². The maximum absolute atomic E-state index is 12.9. The van der Waals surface area contributed by atoms with Crippen LogP contribution in [0.1, 0.15) is 71.6 Å². The van der Waals surface area contributed by atoms with Crippen LogP contribution in [0.4, 0.5) is 0 Å². The van der Waals surface area contributed by atoms with E-state index in [4.69, 9.17) is 21.1 Å². The fraction of sp³-hybridized carbons (Fsp3) is 0.957. The summed E-state index contributed by atoms with van der Waals surface area (Å²) in [6.45, 7) is 4.84. The Labute approximate surface area is 169 Å². The van der Waals surface area contributed by atoms with E-state index in [1.807, 2.05) is 6.92 Å². The third kappa shape index (κ3) is 3.02. The molecule has 3 nitrogen and oxygen atoms in total. The molecule has 27 heavy (non-hydrogen) atoms. The Morgan fingerprint density at radius 1 is 1.07 bits per heavy atom. The third-order valence-corrected chi connectivity index (χ3v) is 9.94. The Morgan fingerprint density at radius 3 is 2.59 bits per heavy atom. The number of alkyl halides is 1. The lowest BCUT2D eigenvalue weighted by molar-refractivity contribution is -0.161. The monoisotopic (exact) mass is 396 g/mol. The molecular weight excluding hydrogens is 360 g/mol. The summed E-state index contributed by atoms with van der Waals surface area (Å²) >= 11 is 6.36. The molecule has 8 atom stereocenters. The molecule has 4 aliphatic carbocycles. The minimum Gasteiger partial charge on any atom is -0.359 e. The van der Waals surface area contributed by atoms with Crippen molar-refractivity contribution in [3.05, 3.63) is 0 Å². The molecule has 0 N–H and O–H groups in total. The summed E-state index contributed by atoms with van der Waals surface area (Å²) in [5, 5.41) is 0. The molecule has 0 bridgehead atoms. The smallest absolute Gasteiger partial charge is 0.146 e. The zero-order valence-corrected chi connectivity index (χ0v) is 18.1. The van der Waals surface area contributed by atoms with E-state index in [1.165, 1.54) is 38.5 Å². The standard InChI is InChI=1S/C23H37ClO3/c1-15(25)23-11-9-20-19(21(23)7-5-17(23)13-24)6-4-16-12-18(27-14-26-3)8-10-22(16,20)2/h16-21H,4-14H2,1-3H3/t16-,17+,18+,19?,20?,21?,22-,23+/m0/s1. The van der Waals surface area contributed by atoms with E-state index >= 15 is 0 Å². The SMILES string of the molecule is COCO[C@@H]1CC[C@]2(C)C3CC[C@]4(C(C)=O)C(CC[C@@H]4CCl)C3CC[C@H]2C1. The molecule has 0 radical (unpaired) electrons. The van der Waals surface area contributed by atoms with Gasteiger partial charge in [-0.05, 0) is 99.7 Å². The number of ether oxygens (including phenoxy) is 2. The minimum atomic E-state index is -0.106. The van der Waals surface area contributed by atoms with Crippen LogP contribution >= 0.6 is 11.6 Å². The average molecular weight is 397 g/mol. The molecule has 4 aliphatic rings. The second-order valence-corrected chi connectivity index (χ2v) is 10.5. The zero-order chi connectivity index (χ0) is 19.2. The number of fused-ring (bicyclic) bond motifs is 5. The summed E-state index contributed by atoms with van der Waals surface area (Å²) in [5.74, 6) is 4.36. The third-order valence-electron chi connectivity index (χ3n) is 9.56. The van der Waals surface area contributed by atoms with E-state index in [-0.39, 0.29) is 5.41 Å². The lowest BCUT2D eigenvalue weighted by Gasteiger charge is -2.61. The summed E-state index contributed by atoms with van der Waals surface area (Å²) in [6.07, 6.45) is 11.3. The van der Waals surface area contributed by atoms with Gasteiger partial charge in [-0.15, -0.1) is 11.6 Å². The van der Waals surface area contributed by atoms with Crippen molar-refractivity contribution in [3.8, 4) is 0 Å². The van der Waals surface area contributed by atoms with E-state index in [1.54, 1.807) is 7.11 Å². The second kappa shape index (κ2) is 7.61. The predicted octanol–water partition coefficient (Wildman–Crippen LogP) is 5.44. The molecule has 3 unspecified atom stereocenters. The minimum absolute atomic E-state index is 0.106. The molecule has 4 fully saturated rings. The van der Waals surface area contributed by atoms with Gasteiger partial charge in [-0.1, -0.05) is 6.92 Å². The molecule has 0 aliphatic heterocycles. The number of halogens is 1. The summed E-state index contributed by atoms with van der Waals surface area (Å²) < 4.78 is 11.1. The Kier molecular flexibility index (Phi) is 5.68. The molecule has 0 spiro atoms. The highest BCUT2D eigenvalue weighted by atomic mass is 35.5. The Morgan fingerprint density at radius 2 is 1.89 bits per heavy atom. The van der Waals surface area contributed by atoms with Gasteiger partial charge in [-0.25, -0.2) is 0 Å². The van der Waals surface area contributed by atoms with Crippen LogP contribution in [0.25, 0.3) is 0 Å². The number of methoxy groups -OCH3 is 1. The molecule has 0 aromatic carbocycles. The molecule has 0 aromatic rings. The van der Waals surface area contributed by atoms with Crippen LogP contribution in [0.5, 0.6) is 0 Å². The van der Waals surface area contributed by atoms with Gasteiger partial charge in [0.1, 0.15) is 12.6 Å². The Hall–Kier alpha value is -0.120. The molecular formula is C23H37ClO3. The first-order chi connectivity index (χ1) is 13.0. The molecule has 4 rings (SSSR count). The first-order valence-corrected chi connectivity index (χ1v) is 11.7. The van der Waals surface area contributed by atoms with E-state index in [0.717, 1.165) is 37.0 Å². The van der Waals surface area contributed by atoms with Crippen molar-refractivity contribution in [3.63, 3.8) is 0 Å². The zero-order valence-electron chi connectivity index (χ0n) is 17.3. The van der Waals surface area contributed by atoms with Gasteiger partial charge in [0.2, 0.25) is 0 Å². The van der Waals surface area contributed by atoms with Crippen LogP contribution in [-0.4, -0.2) is 31.7 Å². The molecule has 0 heterocycles. The van der Waals surface area contributed by atoms with Gasteiger partial charge in [0.15, 0.2) is 0 Å². The van der Waals surface area contributed by atoms with E-state index in [2.05, 4.69) is 6.92 Å². The van der Waals surface area contributed by atoms with Crippen LogP contribution in [-0.2, 0) is 14.3 Å². The van der Waals surface area contributed by atoms with E-state index < -0.39 is 0 Å². The maximum Gasteiger partial charge on any atom is 0.146 e. The first kappa shape index (κ1) is 20.2. The largest absolute Gasteiger partial charge is 0.359 e. The van der Waals surface area contributed by atoms with Crippen molar-refractivity contribution in [1.82, 2.24) is 0 Å². The lowest BCUT2D eigenvalue weighted by atomic mass is 9.44. The van der Waals surface area contributed by atoms with Crippen LogP contribution in [0, 0.1) is 40.4 Å². The Bertz CT molecular complexity index is 566. The van der Waals surface area contributed by atoms with Gasteiger partial charge in [0.25, 0.3) is 0 Å². The van der Waals surface area contributed by atoms with Crippen molar-refractivity contribution in [2.24, 2.45) is 40.4 Å². The van der Waals surface area contributed by atoms with Gasteiger partial charge in [0.05, 0.1) is 6.10 Å². The number of hydrogen-bond acceptors (Lipinski definition) is 3. The molecule has 0 aromatic heterocycles. The fourth-order valence-corrected chi connectivity index (χ4v) is 8.69. The van der Waals surface area contributed by atoms with Gasteiger partial charge in [-0.2, -0.15) is 0 Å². The van der Waals surface area contributed by atoms with Crippen LogP contribution in [0.15, 0.2) is 0 Å². The fourth-order valence-electron chi connectivity index (χ4n) is 8.26. The molecule has 154 valence electrons. The maximum atomic E-state index is 12.9. The summed E-state index contributed by atoms with van der Waals surface area (Å²) in [7, 11) is 1.71. The molecule has 0 amide bonds. The van der Waals surface area contributed by atoms with E-state index in [0.29, 0.717) is 41.8 Å². The number of carbonyl (C=O) groups excluding carboxylic acids is 1. The number of carbonyl (C=O) groups is 1. The van der Waals surface area contributed by atoms with Crippen molar-refractivity contribution < 1.29 is 14.3 Å². The second-order valence-electron chi connectivity index (χ2n) is 10.2. The number of Topliss-reactive ketones (excluding diaryl/α,β-unsaturated/α-hetero) is 1. The Balaban J connectivity index is 1.55. The highest BCUT2D eigenvalue weighted by molar-refractivity contribution is 6.18. The van der Waals surface area contributed by atoms with Crippen LogP contribution in [0.3, 0.4) is 0 Å². The van der Waals surface area contributed by atoms with Crippen LogP contribution < -0.4 is 0 Å². The van der Waals surface area contributed by atoms with Crippen molar-refractivity contribution in [1.29, 1.82) is 0 Å². The normalized spacial score (nSPS) is 49.2. The van der Waals surface area contributed by atoms with Crippen LogP contribution in [0.2, 0.25) is 0 Å². The number of rotatable bonds is 5. The summed E-state index contributed by atoms with van der Waals surface area (Å²) in [5.41, 5.74) is 0.322. The number of hydrogen-bond donors (Lipinski definition) is 0. The van der Waals surface area contributed by atoms with Crippen molar-refractivity contribution >= 4 is 17.4 Å². The van der Waals surface area contributed by atoms with Gasteiger partial charge in [-0.3, -0.25) is 4.79 Å². The average Bonchev–Trinajstić information content (AvgIpc) is 3.06. The highest BCUT2D eigenvalue weighted by Gasteiger charge is 2.63. The predicted molar refractivity (Wildman–Crippen MR) is 108 cm³/mol. The number of ketones is 1. The topological polar surface area (TPSA) is 35.5 Å².